The molecule has 1 heterocycles. The molecule has 1 saturated heterocycles. The summed E-state index contributed by atoms with van der Waals surface area (Å²) >= 11 is 0. The van der Waals surface area contributed by atoms with Crippen molar-refractivity contribution >= 4 is 28.3 Å². The van der Waals surface area contributed by atoms with Crippen molar-refractivity contribution < 1.29 is 18.3 Å². The molecule has 4 N–H and O–H groups in total. The minimum atomic E-state index is -3.23. The number of amides is 1. The van der Waals surface area contributed by atoms with Gasteiger partial charge >= 0.3 is 0 Å². The molecule has 0 aliphatic carbocycles. The summed E-state index contributed by atoms with van der Waals surface area (Å²) in [6, 6.07) is 6.76. The molecule has 1 aliphatic rings. The zero-order valence-corrected chi connectivity index (χ0v) is 15.1. The summed E-state index contributed by atoms with van der Waals surface area (Å²) in [5.74, 6) is -0.138. The molecule has 24 heavy (non-hydrogen) atoms. The Bertz CT molecular complexity index is 637. The lowest BCUT2D eigenvalue weighted by Crippen LogP contribution is -2.34. The van der Waals surface area contributed by atoms with Crippen molar-refractivity contribution in [3.63, 3.8) is 0 Å². The van der Waals surface area contributed by atoms with Gasteiger partial charge in [-0.05, 0) is 24.6 Å². The number of rotatable bonds is 7. The highest BCUT2D eigenvalue weighted by atomic mass is 35.5. The SMILES string of the molecule is CCS(=O)(=O)NCc1ccc(C(=O)NCC2CNCC2O)cc1.Cl. The molecule has 2 unspecified atom stereocenters. The number of aliphatic hydroxyl groups is 1. The molecule has 1 aromatic carbocycles. The average Bonchev–Trinajstić information content (AvgIpc) is 2.96. The molecule has 1 amide bonds. The minimum Gasteiger partial charge on any atom is -0.391 e. The van der Waals surface area contributed by atoms with Crippen LogP contribution in [0.5, 0.6) is 0 Å². The van der Waals surface area contributed by atoms with Crippen molar-refractivity contribution in [2.45, 2.75) is 19.6 Å². The second-order valence-electron chi connectivity index (χ2n) is 5.62. The molecule has 2 rings (SSSR count). The van der Waals surface area contributed by atoms with E-state index in [1.807, 2.05) is 0 Å². The Labute approximate surface area is 148 Å². The molecule has 0 radical (unpaired) electrons. The highest BCUT2D eigenvalue weighted by Crippen LogP contribution is 2.09. The first-order valence-corrected chi connectivity index (χ1v) is 9.30. The number of aliphatic hydroxyl groups excluding tert-OH is 1. The largest absolute Gasteiger partial charge is 0.391 e. The molecule has 9 heteroatoms. The van der Waals surface area contributed by atoms with Gasteiger partial charge in [0.1, 0.15) is 0 Å². The third-order valence-electron chi connectivity index (χ3n) is 3.92. The van der Waals surface area contributed by atoms with E-state index in [0.29, 0.717) is 25.2 Å². The maximum absolute atomic E-state index is 12.1. The lowest BCUT2D eigenvalue weighted by molar-refractivity contribution is 0.0927. The molecule has 1 aliphatic heterocycles. The Balaban J connectivity index is 0.00000288. The quantitative estimate of drug-likeness (QED) is 0.529. The second-order valence-corrected chi connectivity index (χ2v) is 7.71. The smallest absolute Gasteiger partial charge is 0.251 e. The van der Waals surface area contributed by atoms with Gasteiger partial charge in [0.2, 0.25) is 10.0 Å². The summed E-state index contributed by atoms with van der Waals surface area (Å²) in [6.45, 7) is 3.45. The Hall–Kier alpha value is -1.19. The van der Waals surface area contributed by atoms with Gasteiger partial charge in [-0.25, -0.2) is 13.1 Å². The van der Waals surface area contributed by atoms with E-state index in [-0.39, 0.29) is 36.5 Å². The summed E-state index contributed by atoms with van der Waals surface area (Å²) in [6.07, 6.45) is -0.427. The standard InChI is InChI=1S/C15H23N3O4S.ClH/c1-2-23(21,22)18-7-11-3-5-12(6-4-11)15(20)17-9-13-8-16-10-14(13)19;/h3-6,13-14,16,18-19H,2,7-10H2,1H3,(H,17,20);1H. The Morgan fingerprint density at radius 3 is 2.50 bits per heavy atom. The number of hydrogen-bond acceptors (Lipinski definition) is 5. The zero-order valence-electron chi connectivity index (χ0n) is 13.5. The topological polar surface area (TPSA) is 108 Å². The van der Waals surface area contributed by atoms with E-state index in [1.54, 1.807) is 31.2 Å². The van der Waals surface area contributed by atoms with Crippen LogP contribution in [-0.4, -0.2) is 50.9 Å². The van der Waals surface area contributed by atoms with Crippen LogP contribution in [0.4, 0.5) is 0 Å². The summed E-state index contributed by atoms with van der Waals surface area (Å²) in [5, 5.41) is 15.6. The van der Waals surface area contributed by atoms with Gasteiger partial charge in [0, 0.05) is 37.7 Å². The van der Waals surface area contributed by atoms with Crippen molar-refractivity contribution in [2.75, 3.05) is 25.4 Å². The fourth-order valence-corrected chi connectivity index (χ4v) is 2.91. The zero-order chi connectivity index (χ0) is 16.9. The van der Waals surface area contributed by atoms with Crippen LogP contribution in [0.15, 0.2) is 24.3 Å². The number of benzene rings is 1. The number of hydrogen-bond donors (Lipinski definition) is 4. The second kappa shape index (κ2) is 9.33. The van der Waals surface area contributed by atoms with Crippen molar-refractivity contribution in [3.8, 4) is 0 Å². The molecule has 2 atom stereocenters. The predicted molar refractivity (Wildman–Crippen MR) is 94.7 cm³/mol. The molecule has 0 spiro atoms. The van der Waals surface area contributed by atoms with Gasteiger partial charge < -0.3 is 15.7 Å². The monoisotopic (exact) mass is 377 g/mol. The van der Waals surface area contributed by atoms with Crippen molar-refractivity contribution in [2.24, 2.45) is 5.92 Å². The van der Waals surface area contributed by atoms with Crippen molar-refractivity contribution in [1.29, 1.82) is 0 Å². The van der Waals surface area contributed by atoms with Crippen LogP contribution in [0.25, 0.3) is 0 Å². The fraction of sp³-hybridized carbons (Fsp3) is 0.533. The van der Waals surface area contributed by atoms with Crippen LogP contribution in [-0.2, 0) is 16.6 Å². The number of carbonyl (C=O) groups excluding carboxylic acids is 1. The van der Waals surface area contributed by atoms with Gasteiger partial charge in [0.15, 0.2) is 0 Å². The predicted octanol–water partition coefficient (Wildman–Crippen LogP) is -0.142. The molecule has 1 aromatic rings. The summed E-state index contributed by atoms with van der Waals surface area (Å²) in [5.41, 5.74) is 1.29. The average molecular weight is 378 g/mol. The lowest BCUT2D eigenvalue weighted by atomic mass is 10.1. The lowest BCUT2D eigenvalue weighted by Gasteiger charge is -2.14. The Morgan fingerprint density at radius 1 is 1.29 bits per heavy atom. The highest BCUT2D eigenvalue weighted by molar-refractivity contribution is 7.89. The van der Waals surface area contributed by atoms with Crippen molar-refractivity contribution in [1.82, 2.24) is 15.4 Å². The Kier molecular flexibility index (Phi) is 8.11. The van der Waals surface area contributed by atoms with E-state index in [9.17, 15) is 18.3 Å². The van der Waals surface area contributed by atoms with E-state index in [1.165, 1.54) is 0 Å². The first kappa shape index (κ1) is 20.9. The van der Waals surface area contributed by atoms with Crippen LogP contribution in [0.2, 0.25) is 0 Å². The molecule has 0 bridgehead atoms. The van der Waals surface area contributed by atoms with E-state index in [4.69, 9.17) is 0 Å². The van der Waals surface area contributed by atoms with E-state index in [2.05, 4.69) is 15.4 Å². The third-order valence-corrected chi connectivity index (χ3v) is 5.27. The minimum absolute atomic E-state index is 0. The van der Waals surface area contributed by atoms with E-state index in [0.717, 1.165) is 5.56 Å². The maximum atomic E-state index is 12.1. The number of β-amino-alcohol motifs (C(OH)–C–C–N with tert-alkyl or cyclic N) is 1. The molecule has 7 nitrogen and oxygen atoms in total. The Morgan fingerprint density at radius 2 is 1.96 bits per heavy atom. The number of carbonyl (C=O) groups is 1. The number of halogens is 1. The molecule has 1 fully saturated rings. The van der Waals surface area contributed by atoms with Crippen LogP contribution < -0.4 is 15.4 Å². The number of nitrogens with one attached hydrogen (secondary N) is 3. The molecule has 0 aromatic heterocycles. The third kappa shape index (κ3) is 6.03. The van der Waals surface area contributed by atoms with E-state index < -0.39 is 16.1 Å². The molecular weight excluding hydrogens is 354 g/mol. The van der Waals surface area contributed by atoms with Gasteiger partial charge in [-0.3, -0.25) is 4.79 Å². The number of sulfonamides is 1. The van der Waals surface area contributed by atoms with Crippen LogP contribution in [0, 0.1) is 5.92 Å². The van der Waals surface area contributed by atoms with E-state index >= 15 is 0 Å². The van der Waals surface area contributed by atoms with Crippen LogP contribution in [0.3, 0.4) is 0 Å². The maximum Gasteiger partial charge on any atom is 0.251 e. The first-order chi connectivity index (χ1) is 10.9. The first-order valence-electron chi connectivity index (χ1n) is 7.64. The summed E-state index contributed by atoms with van der Waals surface area (Å²) in [7, 11) is -3.23. The fourth-order valence-electron chi connectivity index (χ4n) is 2.32. The highest BCUT2D eigenvalue weighted by Gasteiger charge is 2.25. The molecule has 0 saturated carbocycles. The van der Waals surface area contributed by atoms with Gasteiger partial charge in [-0.1, -0.05) is 12.1 Å². The van der Waals surface area contributed by atoms with Gasteiger partial charge in [0.05, 0.1) is 11.9 Å². The van der Waals surface area contributed by atoms with Gasteiger partial charge in [-0.2, -0.15) is 0 Å². The van der Waals surface area contributed by atoms with Gasteiger partial charge in [-0.15, -0.1) is 12.4 Å². The van der Waals surface area contributed by atoms with Crippen molar-refractivity contribution in [3.05, 3.63) is 35.4 Å². The normalized spacial score (nSPS) is 20.4. The summed E-state index contributed by atoms with van der Waals surface area (Å²) in [4.78, 5) is 12.1. The molecular formula is C15H24ClN3O4S. The molecule has 136 valence electrons. The van der Waals surface area contributed by atoms with Crippen LogP contribution in [0.1, 0.15) is 22.8 Å². The summed E-state index contributed by atoms with van der Waals surface area (Å²) < 4.78 is 25.2. The van der Waals surface area contributed by atoms with Crippen LogP contribution >= 0.6 is 12.4 Å². The van der Waals surface area contributed by atoms with Gasteiger partial charge in [0.25, 0.3) is 5.91 Å².